The van der Waals surface area contributed by atoms with Crippen molar-refractivity contribution in [2.24, 2.45) is 7.05 Å². The summed E-state index contributed by atoms with van der Waals surface area (Å²) in [5.74, 6) is -0.417. The van der Waals surface area contributed by atoms with E-state index in [9.17, 15) is 9.59 Å². The number of fused-ring (bicyclic) bond motifs is 2. The van der Waals surface area contributed by atoms with Gasteiger partial charge in [0.25, 0.3) is 0 Å². The Labute approximate surface area is 223 Å². The number of hydrogen-bond donors (Lipinski definition) is 1. The number of aromatic nitrogens is 4. The number of nitrogens with one attached hydrogen (secondary N) is 1. The Hall–Kier alpha value is -3.94. The molecule has 2 aromatic heterocycles. The van der Waals surface area contributed by atoms with Crippen molar-refractivity contribution in [1.82, 2.24) is 24.9 Å². The van der Waals surface area contributed by atoms with E-state index in [1.807, 2.05) is 87.1 Å². The Morgan fingerprint density at radius 3 is 2.61 bits per heavy atom. The van der Waals surface area contributed by atoms with Crippen LogP contribution in [-0.2, 0) is 36.0 Å². The molecule has 0 radical (unpaired) electrons. The molecule has 1 unspecified atom stereocenters. The summed E-state index contributed by atoms with van der Waals surface area (Å²) in [5.41, 5.74) is 5.03. The summed E-state index contributed by atoms with van der Waals surface area (Å²) in [4.78, 5) is 30.2. The third kappa shape index (κ3) is 4.95. The molecule has 8 nitrogen and oxygen atoms in total. The number of nitrogens with zero attached hydrogens (tertiary/aromatic N) is 5. The van der Waals surface area contributed by atoms with Crippen molar-refractivity contribution in [1.29, 1.82) is 0 Å². The van der Waals surface area contributed by atoms with Crippen LogP contribution in [0.4, 0.5) is 5.69 Å². The lowest BCUT2D eigenvalue weighted by atomic mass is 9.89. The van der Waals surface area contributed by atoms with Gasteiger partial charge < -0.3 is 9.88 Å². The van der Waals surface area contributed by atoms with E-state index >= 15 is 0 Å². The van der Waals surface area contributed by atoms with Gasteiger partial charge in [0.2, 0.25) is 11.8 Å². The third-order valence-corrected chi connectivity index (χ3v) is 7.72. The van der Waals surface area contributed by atoms with Gasteiger partial charge in [-0.1, -0.05) is 36.4 Å². The Morgan fingerprint density at radius 1 is 1.05 bits per heavy atom. The largest absolute Gasteiger partial charge is 0.352 e. The predicted molar refractivity (Wildman–Crippen MR) is 149 cm³/mol. The predicted octanol–water partition coefficient (Wildman–Crippen LogP) is 4.73. The van der Waals surface area contributed by atoms with E-state index in [-0.39, 0.29) is 18.4 Å². The molecule has 38 heavy (non-hydrogen) atoms. The molecule has 1 aliphatic carbocycles. The lowest BCUT2D eigenvalue weighted by Crippen LogP contribution is -2.51. The van der Waals surface area contributed by atoms with E-state index in [1.54, 1.807) is 9.58 Å². The minimum absolute atomic E-state index is 0.0322. The van der Waals surface area contributed by atoms with Crippen LogP contribution in [0.15, 0.2) is 60.8 Å². The zero-order chi connectivity index (χ0) is 26.9. The second-order valence-electron chi connectivity index (χ2n) is 10.8. The molecule has 1 aliphatic rings. The summed E-state index contributed by atoms with van der Waals surface area (Å²) in [6, 6.07) is 16.7. The molecule has 198 valence electrons. The van der Waals surface area contributed by atoms with Crippen LogP contribution in [0.5, 0.6) is 0 Å². The summed E-state index contributed by atoms with van der Waals surface area (Å²) >= 11 is 0. The maximum absolute atomic E-state index is 14.4. The van der Waals surface area contributed by atoms with Crippen LogP contribution < -0.4 is 10.2 Å². The number of aryl methyl sites for hydroxylation is 2. The molecule has 8 heteroatoms. The minimum atomic E-state index is -0.850. The van der Waals surface area contributed by atoms with E-state index in [1.165, 1.54) is 5.56 Å². The van der Waals surface area contributed by atoms with E-state index in [0.29, 0.717) is 0 Å². The van der Waals surface area contributed by atoms with Crippen LogP contribution in [0, 0.1) is 0 Å². The van der Waals surface area contributed by atoms with Gasteiger partial charge in [0.05, 0.1) is 11.2 Å². The van der Waals surface area contributed by atoms with Crippen LogP contribution in [-0.4, -0.2) is 36.9 Å². The van der Waals surface area contributed by atoms with Crippen LogP contribution in [0.2, 0.25) is 0 Å². The number of benzene rings is 2. The maximum atomic E-state index is 14.4. The molecule has 4 aromatic rings. The SMILES string of the molecule is CCC(C)(C)NC(=O)C(c1cccn1C)N(C(=O)Cn1nnc2ccccc21)c1cccc2c1CCCC2. The van der Waals surface area contributed by atoms with Crippen molar-refractivity contribution in [2.75, 3.05) is 4.90 Å². The fourth-order valence-electron chi connectivity index (χ4n) is 5.28. The lowest BCUT2D eigenvalue weighted by Gasteiger charge is -2.36. The van der Waals surface area contributed by atoms with Gasteiger partial charge in [0, 0.05) is 24.5 Å². The van der Waals surface area contributed by atoms with Gasteiger partial charge in [-0.3, -0.25) is 14.5 Å². The molecule has 0 fully saturated rings. The van der Waals surface area contributed by atoms with Crippen LogP contribution in [0.25, 0.3) is 11.0 Å². The Morgan fingerprint density at radius 2 is 1.84 bits per heavy atom. The standard InChI is InChI=1S/C30H36N6O2/c1-5-30(2,3)31-29(38)28(26-18-11-19-34(26)4)36(24-17-10-13-21-12-6-7-14-22(21)24)27(37)20-35-25-16-9-8-15-23(25)32-33-35/h8-11,13,15-19,28H,5-7,12,14,20H2,1-4H3,(H,31,38). The highest BCUT2D eigenvalue weighted by molar-refractivity contribution is 6.02. The molecule has 5 rings (SSSR count). The van der Waals surface area contributed by atoms with Gasteiger partial charge >= 0.3 is 0 Å². The Bertz CT molecular complexity index is 1470. The molecular weight excluding hydrogens is 476 g/mol. The Kier molecular flexibility index (Phi) is 7.06. The van der Waals surface area contributed by atoms with Gasteiger partial charge in [-0.05, 0) is 87.4 Å². The van der Waals surface area contributed by atoms with E-state index < -0.39 is 11.6 Å². The monoisotopic (exact) mass is 512 g/mol. The first-order chi connectivity index (χ1) is 18.3. The number of hydrogen-bond acceptors (Lipinski definition) is 4. The van der Waals surface area contributed by atoms with Crippen molar-refractivity contribution in [3.05, 3.63) is 77.6 Å². The minimum Gasteiger partial charge on any atom is -0.352 e. The fraction of sp³-hybridized carbons (Fsp3) is 0.400. The quantitative estimate of drug-likeness (QED) is 0.370. The highest BCUT2D eigenvalue weighted by Gasteiger charge is 2.38. The molecular formula is C30H36N6O2. The summed E-state index contributed by atoms with van der Waals surface area (Å²) in [5, 5.41) is 11.7. The number of anilines is 1. The van der Waals surface area contributed by atoms with Crippen molar-refractivity contribution < 1.29 is 9.59 Å². The van der Waals surface area contributed by atoms with E-state index in [0.717, 1.165) is 60.1 Å². The summed E-state index contributed by atoms with van der Waals surface area (Å²) in [6.45, 7) is 6.02. The topological polar surface area (TPSA) is 85.0 Å². The molecule has 0 saturated carbocycles. The zero-order valence-corrected chi connectivity index (χ0v) is 22.6. The van der Waals surface area contributed by atoms with Crippen molar-refractivity contribution in [2.45, 2.75) is 71.0 Å². The van der Waals surface area contributed by atoms with Crippen molar-refractivity contribution in [3.8, 4) is 0 Å². The van der Waals surface area contributed by atoms with Crippen molar-refractivity contribution in [3.63, 3.8) is 0 Å². The first-order valence-electron chi connectivity index (χ1n) is 13.4. The molecule has 0 aliphatic heterocycles. The first kappa shape index (κ1) is 25.7. The molecule has 1 N–H and O–H groups in total. The number of rotatable bonds is 8. The third-order valence-electron chi connectivity index (χ3n) is 7.72. The zero-order valence-electron chi connectivity index (χ0n) is 22.6. The van der Waals surface area contributed by atoms with Crippen LogP contribution in [0.3, 0.4) is 0 Å². The van der Waals surface area contributed by atoms with Crippen LogP contribution in [0.1, 0.15) is 62.9 Å². The van der Waals surface area contributed by atoms with Gasteiger partial charge in [-0.25, -0.2) is 4.68 Å². The van der Waals surface area contributed by atoms with Gasteiger partial charge in [-0.2, -0.15) is 0 Å². The second-order valence-corrected chi connectivity index (χ2v) is 10.8. The molecule has 2 amide bonds. The number of carbonyl (C=O) groups excluding carboxylic acids is 2. The molecule has 0 bridgehead atoms. The lowest BCUT2D eigenvalue weighted by molar-refractivity contribution is -0.128. The summed E-state index contributed by atoms with van der Waals surface area (Å²) in [7, 11) is 1.91. The second kappa shape index (κ2) is 10.4. The van der Waals surface area contributed by atoms with E-state index in [2.05, 4.69) is 21.7 Å². The Balaban J connectivity index is 1.65. The fourth-order valence-corrected chi connectivity index (χ4v) is 5.28. The number of carbonyl (C=O) groups is 2. The van der Waals surface area contributed by atoms with Gasteiger partial charge in [0.1, 0.15) is 12.1 Å². The maximum Gasteiger partial charge on any atom is 0.249 e. The average Bonchev–Trinajstić information content (AvgIpc) is 3.52. The van der Waals surface area contributed by atoms with Gasteiger partial charge in [-0.15, -0.1) is 5.10 Å². The first-order valence-corrected chi connectivity index (χ1v) is 13.4. The highest BCUT2D eigenvalue weighted by Crippen LogP contribution is 2.36. The van der Waals surface area contributed by atoms with Gasteiger partial charge in [0.15, 0.2) is 6.04 Å². The molecule has 0 saturated heterocycles. The molecule has 2 heterocycles. The summed E-state index contributed by atoms with van der Waals surface area (Å²) < 4.78 is 3.54. The van der Waals surface area contributed by atoms with Crippen LogP contribution >= 0.6 is 0 Å². The smallest absolute Gasteiger partial charge is 0.249 e. The normalized spacial score (nSPS) is 14.2. The van der Waals surface area contributed by atoms with Crippen molar-refractivity contribution >= 4 is 28.5 Å². The molecule has 0 spiro atoms. The van der Waals surface area contributed by atoms with E-state index in [4.69, 9.17) is 0 Å². The number of amides is 2. The molecule has 2 aromatic carbocycles. The number of para-hydroxylation sites is 1. The summed E-state index contributed by atoms with van der Waals surface area (Å²) in [6.07, 6.45) is 6.71. The highest BCUT2D eigenvalue weighted by atomic mass is 16.2. The molecule has 1 atom stereocenters. The average molecular weight is 513 g/mol.